The van der Waals surface area contributed by atoms with E-state index < -0.39 is 0 Å². The van der Waals surface area contributed by atoms with Crippen LogP contribution >= 0.6 is 0 Å². The molecular weight excluding hydrogens is 224 g/mol. The van der Waals surface area contributed by atoms with Crippen molar-refractivity contribution in [1.82, 2.24) is 10.2 Å². The lowest BCUT2D eigenvalue weighted by Crippen LogP contribution is -2.48. The first-order chi connectivity index (χ1) is 8.69. The zero-order chi connectivity index (χ0) is 13.4. The Labute approximate surface area is 113 Å². The summed E-state index contributed by atoms with van der Waals surface area (Å²) in [6.45, 7) is 9.91. The third kappa shape index (κ3) is 5.25. The van der Waals surface area contributed by atoms with Crippen LogP contribution < -0.4 is 5.32 Å². The molecule has 0 heterocycles. The summed E-state index contributed by atoms with van der Waals surface area (Å²) >= 11 is 0. The Balaban J connectivity index is 2.34. The minimum atomic E-state index is 0.593. The minimum Gasteiger partial charge on any atom is -0.383 e. The van der Waals surface area contributed by atoms with Gasteiger partial charge in [0.25, 0.3) is 0 Å². The highest BCUT2D eigenvalue weighted by Gasteiger charge is 2.20. The summed E-state index contributed by atoms with van der Waals surface area (Å²) in [5, 5.41) is 3.73. The fourth-order valence-corrected chi connectivity index (χ4v) is 2.89. The van der Waals surface area contributed by atoms with E-state index in [0.29, 0.717) is 12.1 Å². The van der Waals surface area contributed by atoms with E-state index in [4.69, 9.17) is 4.74 Å². The predicted octanol–water partition coefficient (Wildman–Crippen LogP) is 2.65. The second-order valence-corrected chi connectivity index (χ2v) is 5.73. The lowest BCUT2D eigenvalue weighted by molar-refractivity contribution is 0.0924. The van der Waals surface area contributed by atoms with Gasteiger partial charge in [-0.1, -0.05) is 19.8 Å². The molecule has 0 aromatic carbocycles. The molecule has 3 heteroatoms. The third-order valence-electron chi connectivity index (χ3n) is 4.33. The summed E-state index contributed by atoms with van der Waals surface area (Å²) < 4.78 is 5.23. The molecule has 0 saturated heterocycles. The van der Waals surface area contributed by atoms with E-state index in [9.17, 15) is 0 Å². The molecule has 0 aromatic rings. The van der Waals surface area contributed by atoms with Crippen LogP contribution in [0.4, 0.5) is 0 Å². The largest absolute Gasteiger partial charge is 0.383 e. The lowest BCUT2D eigenvalue weighted by atomic mass is 10.1. The van der Waals surface area contributed by atoms with E-state index in [2.05, 4.69) is 31.0 Å². The average Bonchev–Trinajstić information content (AvgIpc) is 2.89. The predicted molar refractivity (Wildman–Crippen MR) is 78.1 cm³/mol. The monoisotopic (exact) mass is 256 g/mol. The highest BCUT2D eigenvalue weighted by atomic mass is 16.5. The van der Waals surface area contributed by atoms with Crippen LogP contribution in [0.2, 0.25) is 0 Å². The van der Waals surface area contributed by atoms with Crippen molar-refractivity contribution in [2.24, 2.45) is 0 Å². The summed E-state index contributed by atoms with van der Waals surface area (Å²) in [4.78, 5) is 2.57. The van der Waals surface area contributed by atoms with Crippen molar-refractivity contribution >= 4 is 0 Å². The molecule has 1 aliphatic rings. The fraction of sp³-hybridized carbons (Fsp3) is 1.00. The molecule has 0 amide bonds. The molecule has 2 unspecified atom stereocenters. The number of nitrogens with zero attached hydrogens (tertiary/aromatic N) is 1. The number of nitrogens with one attached hydrogen (secondary N) is 1. The second kappa shape index (κ2) is 8.89. The molecule has 0 spiro atoms. The highest BCUT2D eigenvalue weighted by Crippen LogP contribution is 2.18. The van der Waals surface area contributed by atoms with Gasteiger partial charge in [0, 0.05) is 38.3 Å². The van der Waals surface area contributed by atoms with Crippen LogP contribution in [0.1, 0.15) is 52.9 Å². The van der Waals surface area contributed by atoms with E-state index in [1.54, 1.807) is 7.11 Å². The Hall–Kier alpha value is -0.120. The molecule has 1 N–H and O–H groups in total. The highest BCUT2D eigenvalue weighted by molar-refractivity contribution is 4.79. The smallest absolute Gasteiger partial charge is 0.0589 e. The van der Waals surface area contributed by atoms with Crippen LogP contribution in [0, 0.1) is 0 Å². The molecule has 1 rings (SSSR count). The zero-order valence-corrected chi connectivity index (χ0v) is 12.7. The maximum absolute atomic E-state index is 5.23. The Kier molecular flexibility index (Phi) is 7.87. The lowest BCUT2D eigenvalue weighted by Gasteiger charge is -2.34. The van der Waals surface area contributed by atoms with Gasteiger partial charge in [0.05, 0.1) is 6.61 Å². The van der Waals surface area contributed by atoms with E-state index in [0.717, 1.165) is 25.7 Å². The number of rotatable bonds is 9. The van der Waals surface area contributed by atoms with Crippen molar-refractivity contribution in [1.29, 1.82) is 0 Å². The maximum atomic E-state index is 5.23. The van der Waals surface area contributed by atoms with Crippen molar-refractivity contribution < 1.29 is 4.74 Å². The zero-order valence-electron chi connectivity index (χ0n) is 12.7. The molecule has 0 radical (unpaired) electrons. The molecular formula is C15H32N2O. The van der Waals surface area contributed by atoms with Gasteiger partial charge in [-0.15, -0.1) is 0 Å². The summed E-state index contributed by atoms with van der Waals surface area (Å²) in [6, 6.07) is 2.00. The maximum Gasteiger partial charge on any atom is 0.0589 e. The van der Waals surface area contributed by atoms with Crippen molar-refractivity contribution in [2.45, 2.75) is 71.0 Å². The van der Waals surface area contributed by atoms with Gasteiger partial charge < -0.3 is 10.1 Å². The first-order valence-corrected chi connectivity index (χ1v) is 7.67. The van der Waals surface area contributed by atoms with Crippen LogP contribution in [0.5, 0.6) is 0 Å². The normalized spacial score (nSPS) is 20.5. The molecule has 108 valence electrons. The average molecular weight is 256 g/mol. The number of methoxy groups -OCH3 is 1. The summed E-state index contributed by atoms with van der Waals surface area (Å²) in [5.74, 6) is 0. The molecule has 0 bridgehead atoms. The van der Waals surface area contributed by atoms with Gasteiger partial charge in [0.1, 0.15) is 0 Å². The van der Waals surface area contributed by atoms with Crippen molar-refractivity contribution in [3.63, 3.8) is 0 Å². The van der Waals surface area contributed by atoms with E-state index in [1.165, 1.54) is 32.1 Å². The van der Waals surface area contributed by atoms with Crippen LogP contribution in [0.3, 0.4) is 0 Å². The number of hydrogen-bond donors (Lipinski definition) is 1. The summed E-state index contributed by atoms with van der Waals surface area (Å²) in [6.07, 6.45) is 6.76. The Morgan fingerprint density at radius 1 is 1.22 bits per heavy atom. The van der Waals surface area contributed by atoms with Gasteiger partial charge in [-0.25, -0.2) is 0 Å². The fourth-order valence-electron chi connectivity index (χ4n) is 2.89. The Morgan fingerprint density at radius 2 is 1.89 bits per heavy atom. The van der Waals surface area contributed by atoms with Gasteiger partial charge in [-0.05, 0) is 33.1 Å². The first-order valence-electron chi connectivity index (χ1n) is 7.67. The number of ether oxygens (including phenoxy) is 1. The van der Waals surface area contributed by atoms with Gasteiger partial charge in [-0.3, -0.25) is 4.90 Å². The minimum absolute atomic E-state index is 0.593. The van der Waals surface area contributed by atoms with Crippen LogP contribution in [-0.4, -0.2) is 49.8 Å². The van der Waals surface area contributed by atoms with E-state index in [1.807, 2.05) is 0 Å². The molecule has 1 fully saturated rings. The molecule has 18 heavy (non-hydrogen) atoms. The van der Waals surface area contributed by atoms with E-state index in [-0.39, 0.29) is 0 Å². The van der Waals surface area contributed by atoms with Gasteiger partial charge in [-0.2, -0.15) is 0 Å². The summed E-state index contributed by atoms with van der Waals surface area (Å²) in [5.41, 5.74) is 0. The Bertz CT molecular complexity index is 205. The molecule has 0 aromatic heterocycles. The molecule has 3 nitrogen and oxygen atoms in total. The van der Waals surface area contributed by atoms with Crippen molar-refractivity contribution in [2.75, 3.05) is 26.8 Å². The second-order valence-electron chi connectivity index (χ2n) is 5.73. The van der Waals surface area contributed by atoms with Crippen LogP contribution in [0.25, 0.3) is 0 Å². The van der Waals surface area contributed by atoms with Gasteiger partial charge in [0.15, 0.2) is 0 Å². The van der Waals surface area contributed by atoms with Crippen LogP contribution in [0.15, 0.2) is 0 Å². The molecule has 1 saturated carbocycles. The third-order valence-corrected chi connectivity index (χ3v) is 4.33. The van der Waals surface area contributed by atoms with Crippen molar-refractivity contribution in [3.8, 4) is 0 Å². The Morgan fingerprint density at radius 3 is 2.44 bits per heavy atom. The SMILES string of the molecule is CCC(C)N(CCOC)C(C)CNC1CCCC1. The molecule has 1 aliphatic carbocycles. The standard InChI is InChI=1S/C15H32N2O/c1-5-13(2)17(10-11-18-4)14(3)12-16-15-8-6-7-9-15/h13-16H,5-12H2,1-4H3. The van der Waals surface area contributed by atoms with Crippen LogP contribution in [-0.2, 0) is 4.74 Å². The van der Waals surface area contributed by atoms with Crippen molar-refractivity contribution in [3.05, 3.63) is 0 Å². The molecule has 2 atom stereocenters. The topological polar surface area (TPSA) is 24.5 Å². The summed E-state index contributed by atoms with van der Waals surface area (Å²) in [7, 11) is 1.79. The quantitative estimate of drug-likeness (QED) is 0.686. The molecule has 0 aliphatic heterocycles. The number of hydrogen-bond acceptors (Lipinski definition) is 3. The van der Waals surface area contributed by atoms with Gasteiger partial charge in [0.2, 0.25) is 0 Å². The first kappa shape index (κ1) is 15.9. The van der Waals surface area contributed by atoms with E-state index >= 15 is 0 Å². The van der Waals surface area contributed by atoms with Gasteiger partial charge >= 0.3 is 0 Å².